The first-order chi connectivity index (χ1) is 13.1. The number of thiazole rings is 1. The van der Waals surface area contributed by atoms with E-state index in [4.69, 9.17) is 0 Å². The van der Waals surface area contributed by atoms with Crippen LogP contribution in [0.1, 0.15) is 28.0 Å². The van der Waals surface area contributed by atoms with E-state index in [9.17, 15) is 9.59 Å². The summed E-state index contributed by atoms with van der Waals surface area (Å²) in [5.74, 6) is -0.0168. The molecule has 3 heterocycles. The lowest BCUT2D eigenvalue weighted by Crippen LogP contribution is -2.14. The predicted molar refractivity (Wildman–Crippen MR) is 105 cm³/mol. The third-order valence-corrected chi connectivity index (χ3v) is 5.26. The number of nitrogens with zero attached hydrogens (tertiary/aromatic N) is 4. The number of benzene rings is 1. The van der Waals surface area contributed by atoms with E-state index in [2.05, 4.69) is 20.4 Å². The third-order valence-electron chi connectivity index (χ3n) is 3.64. The highest BCUT2D eigenvalue weighted by molar-refractivity contribution is 7.14. The molecule has 27 heavy (non-hydrogen) atoms. The van der Waals surface area contributed by atoms with Gasteiger partial charge in [-0.1, -0.05) is 24.3 Å². The van der Waals surface area contributed by atoms with Crippen LogP contribution in [0.15, 0.2) is 53.2 Å². The molecule has 0 saturated carbocycles. The Kier molecular flexibility index (Phi) is 4.61. The number of thiophene rings is 1. The van der Waals surface area contributed by atoms with Gasteiger partial charge in [0.05, 0.1) is 10.6 Å². The monoisotopic (exact) mass is 395 g/mol. The largest absolute Gasteiger partial charge is 0.297 e. The van der Waals surface area contributed by atoms with Crippen LogP contribution >= 0.6 is 22.7 Å². The quantitative estimate of drug-likeness (QED) is 0.518. The lowest BCUT2D eigenvalue weighted by atomic mass is 10.3. The first-order valence-corrected chi connectivity index (χ1v) is 9.72. The van der Waals surface area contributed by atoms with E-state index >= 15 is 0 Å². The molecular formula is C18H13N5O2S2. The van der Waals surface area contributed by atoms with Gasteiger partial charge in [0, 0.05) is 12.3 Å². The average Bonchev–Trinajstić information content (AvgIpc) is 3.42. The summed E-state index contributed by atoms with van der Waals surface area (Å²) < 4.78 is 1.64. The summed E-state index contributed by atoms with van der Waals surface area (Å²) in [4.78, 5) is 33.4. The standard InChI is InChI=1S/C18H13N5O2S2/c1-11(24)13-10-27-18(19-13)21-17(25)15-20-16(14-8-5-9-26-14)23(22-15)12-6-3-2-4-7-12/h2-10H,1H3,(H,19,21,25). The number of carbonyl (C=O) groups is 2. The number of hydrogen-bond donors (Lipinski definition) is 1. The van der Waals surface area contributed by atoms with Crippen LogP contribution in [0.5, 0.6) is 0 Å². The lowest BCUT2D eigenvalue weighted by molar-refractivity contribution is 0.1000. The maximum atomic E-state index is 12.6. The highest BCUT2D eigenvalue weighted by Crippen LogP contribution is 2.26. The Bertz CT molecular complexity index is 1100. The summed E-state index contributed by atoms with van der Waals surface area (Å²) in [5, 5.41) is 10.9. The van der Waals surface area contributed by atoms with Gasteiger partial charge in [-0.25, -0.2) is 14.6 Å². The predicted octanol–water partition coefficient (Wildman–Crippen LogP) is 3.91. The average molecular weight is 395 g/mol. The Morgan fingerprint density at radius 1 is 1.04 bits per heavy atom. The molecule has 4 aromatic rings. The molecule has 1 aromatic carbocycles. The second kappa shape index (κ2) is 7.22. The van der Waals surface area contributed by atoms with Gasteiger partial charge >= 0.3 is 0 Å². The number of ketones is 1. The number of nitrogens with one attached hydrogen (secondary N) is 1. The SMILES string of the molecule is CC(=O)c1csc(NC(=O)c2nc(-c3cccs3)n(-c3ccccc3)n2)n1. The number of anilines is 1. The number of rotatable bonds is 5. The summed E-state index contributed by atoms with van der Waals surface area (Å²) in [6.45, 7) is 1.43. The van der Waals surface area contributed by atoms with Crippen LogP contribution in [-0.4, -0.2) is 31.4 Å². The van der Waals surface area contributed by atoms with Crippen molar-refractivity contribution in [3.05, 3.63) is 64.7 Å². The first kappa shape index (κ1) is 17.3. The Morgan fingerprint density at radius 3 is 2.52 bits per heavy atom. The molecule has 0 atom stereocenters. The summed E-state index contributed by atoms with van der Waals surface area (Å²) in [7, 11) is 0. The molecule has 0 spiro atoms. The molecule has 0 radical (unpaired) electrons. The van der Waals surface area contributed by atoms with Crippen molar-refractivity contribution in [1.29, 1.82) is 0 Å². The fraction of sp³-hybridized carbons (Fsp3) is 0.0556. The second-order valence-corrected chi connectivity index (χ2v) is 7.34. The minimum atomic E-state index is -0.480. The minimum Gasteiger partial charge on any atom is -0.295 e. The Labute approximate surface area is 162 Å². The van der Waals surface area contributed by atoms with Gasteiger partial charge < -0.3 is 0 Å². The molecule has 9 heteroatoms. The van der Waals surface area contributed by atoms with Gasteiger partial charge in [-0.05, 0) is 23.6 Å². The molecule has 1 N–H and O–H groups in total. The number of amides is 1. The summed E-state index contributed by atoms with van der Waals surface area (Å²) in [6.07, 6.45) is 0. The maximum absolute atomic E-state index is 12.6. The number of hydrogen-bond acceptors (Lipinski definition) is 7. The molecule has 0 saturated heterocycles. The van der Waals surface area contributed by atoms with Crippen molar-refractivity contribution < 1.29 is 9.59 Å². The van der Waals surface area contributed by atoms with Crippen LogP contribution in [0.3, 0.4) is 0 Å². The molecule has 0 aliphatic carbocycles. The number of aromatic nitrogens is 4. The molecule has 7 nitrogen and oxygen atoms in total. The number of carbonyl (C=O) groups excluding carboxylic acids is 2. The zero-order valence-electron chi connectivity index (χ0n) is 14.1. The van der Waals surface area contributed by atoms with Crippen LogP contribution in [-0.2, 0) is 0 Å². The molecule has 0 aliphatic heterocycles. The van der Waals surface area contributed by atoms with Crippen molar-refractivity contribution in [2.45, 2.75) is 6.92 Å². The molecule has 0 fully saturated rings. The Balaban J connectivity index is 1.68. The van der Waals surface area contributed by atoms with E-state index in [-0.39, 0.29) is 11.6 Å². The third kappa shape index (κ3) is 3.55. The number of Topliss-reactive ketones (excluding diaryl/α,β-unsaturated/α-hetero) is 1. The van der Waals surface area contributed by atoms with E-state index in [0.717, 1.165) is 10.6 Å². The fourth-order valence-electron chi connectivity index (χ4n) is 2.37. The summed E-state index contributed by atoms with van der Waals surface area (Å²) >= 11 is 2.70. The van der Waals surface area contributed by atoms with Gasteiger partial charge in [0.2, 0.25) is 5.82 Å². The topological polar surface area (TPSA) is 89.8 Å². The zero-order chi connectivity index (χ0) is 18.8. The van der Waals surface area contributed by atoms with Gasteiger partial charge in [0.25, 0.3) is 5.91 Å². The van der Waals surface area contributed by atoms with Gasteiger partial charge in [-0.15, -0.1) is 27.8 Å². The molecular weight excluding hydrogens is 382 g/mol. The van der Waals surface area contributed by atoms with E-state index in [0.29, 0.717) is 16.6 Å². The highest BCUT2D eigenvalue weighted by Gasteiger charge is 2.20. The van der Waals surface area contributed by atoms with Gasteiger partial charge in [0.1, 0.15) is 5.69 Å². The van der Waals surface area contributed by atoms with Crippen molar-refractivity contribution in [2.24, 2.45) is 0 Å². The van der Waals surface area contributed by atoms with Crippen LogP contribution in [0, 0.1) is 0 Å². The van der Waals surface area contributed by atoms with Gasteiger partial charge in [-0.3, -0.25) is 14.9 Å². The highest BCUT2D eigenvalue weighted by atomic mass is 32.1. The molecule has 1 amide bonds. The fourth-order valence-corrected chi connectivity index (χ4v) is 3.81. The molecule has 3 aromatic heterocycles. The second-order valence-electron chi connectivity index (χ2n) is 5.53. The van der Waals surface area contributed by atoms with E-state index in [1.165, 1.54) is 29.6 Å². The van der Waals surface area contributed by atoms with Crippen LogP contribution in [0.2, 0.25) is 0 Å². The van der Waals surface area contributed by atoms with E-state index in [1.807, 2.05) is 47.8 Å². The van der Waals surface area contributed by atoms with Crippen molar-refractivity contribution in [3.8, 4) is 16.4 Å². The van der Waals surface area contributed by atoms with Gasteiger partial charge in [-0.2, -0.15) is 0 Å². The van der Waals surface area contributed by atoms with E-state index < -0.39 is 5.91 Å². The minimum absolute atomic E-state index is 0.0295. The maximum Gasteiger partial charge on any atom is 0.297 e. The van der Waals surface area contributed by atoms with Crippen LogP contribution in [0.25, 0.3) is 16.4 Å². The molecule has 0 aliphatic rings. The molecule has 134 valence electrons. The number of para-hydroxylation sites is 1. The van der Waals surface area contributed by atoms with Gasteiger partial charge in [0.15, 0.2) is 16.7 Å². The van der Waals surface area contributed by atoms with Crippen molar-refractivity contribution in [3.63, 3.8) is 0 Å². The van der Waals surface area contributed by atoms with Crippen LogP contribution < -0.4 is 5.32 Å². The summed E-state index contributed by atoms with van der Waals surface area (Å²) in [5.41, 5.74) is 1.12. The van der Waals surface area contributed by atoms with Crippen molar-refractivity contribution in [2.75, 3.05) is 5.32 Å². The zero-order valence-corrected chi connectivity index (χ0v) is 15.8. The molecule has 0 unspecified atom stereocenters. The summed E-state index contributed by atoms with van der Waals surface area (Å²) in [6, 6.07) is 13.3. The Hall–Kier alpha value is -3.17. The first-order valence-electron chi connectivity index (χ1n) is 7.96. The van der Waals surface area contributed by atoms with E-state index in [1.54, 1.807) is 10.1 Å². The van der Waals surface area contributed by atoms with Crippen molar-refractivity contribution in [1.82, 2.24) is 19.7 Å². The van der Waals surface area contributed by atoms with Crippen molar-refractivity contribution >= 4 is 39.5 Å². The lowest BCUT2D eigenvalue weighted by Gasteiger charge is -2.03. The molecule has 0 bridgehead atoms. The van der Waals surface area contributed by atoms with Crippen LogP contribution in [0.4, 0.5) is 5.13 Å². The molecule has 4 rings (SSSR count). The normalized spacial score (nSPS) is 10.7. The smallest absolute Gasteiger partial charge is 0.295 e. The Morgan fingerprint density at radius 2 is 1.85 bits per heavy atom.